The Morgan fingerprint density at radius 3 is 2.58 bits per heavy atom. The van der Waals surface area contributed by atoms with Crippen LogP contribution in [0.1, 0.15) is 35.7 Å². The van der Waals surface area contributed by atoms with Crippen LogP contribution in [-0.4, -0.2) is 24.8 Å². The maximum Gasteiger partial charge on any atom is 0.264 e. The fourth-order valence-electron chi connectivity index (χ4n) is 3.07. The number of carbonyl (C=O) groups excluding carboxylic acids is 2. The molecule has 2 aromatic carbocycles. The van der Waals surface area contributed by atoms with Crippen molar-refractivity contribution >= 4 is 35.5 Å². The Labute approximate surface area is 159 Å². The minimum absolute atomic E-state index is 0. The fourth-order valence-corrected chi connectivity index (χ4v) is 3.07. The first-order chi connectivity index (χ1) is 12.1. The van der Waals surface area contributed by atoms with E-state index in [1.54, 1.807) is 29.2 Å². The number of nitrogen functional groups attached to an aromatic ring is 1. The topological polar surface area (TPSA) is 72.6 Å². The number of hydrogen-bond donors (Lipinski definition) is 1. The Balaban J connectivity index is 0.00000243. The lowest BCUT2D eigenvalue weighted by Gasteiger charge is -2.30. The highest BCUT2D eigenvalue weighted by Crippen LogP contribution is 2.31. The number of nitrogens with zero attached hydrogens (tertiary/aromatic N) is 1. The van der Waals surface area contributed by atoms with E-state index >= 15 is 0 Å². The second-order valence-corrected chi connectivity index (χ2v) is 6.08. The number of rotatable bonds is 5. The number of ether oxygens (including phenoxy) is 1. The van der Waals surface area contributed by atoms with Gasteiger partial charge in [-0.2, -0.15) is 0 Å². The van der Waals surface area contributed by atoms with Gasteiger partial charge < -0.3 is 15.4 Å². The van der Waals surface area contributed by atoms with Crippen molar-refractivity contribution in [2.45, 2.75) is 26.2 Å². The van der Waals surface area contributed by atoms with Gasteiger partial charge in [0.05, 0.1) is 0 Å². The third-order valence-corrected chi connectivity index (χ3v) is 4.45. The molecule has 1 amide bonds. The van der Waals surface area contributed by atoms with Crippen LogP contribution in [0.5, 0.6) is 5.75 Å². The van der Waals surface area contributed by atoms with Crippen LogP contribution in [0.15, 0.2) is 42.5 Å². The quantitative estimate of drug-likeness (QED) is 0.640. The number of carbonyl (C=O) groups is 2. The first-order valence-electron chi connectivity index (χ1n) is 8.54. The average Bonchev–Trinajstić information content (AvgIpc) is 2.66. The molecule has 3 rings (SSSR count). The summed E-state index contributed by atoms with van der Waals surface area (Å²) in [6.07, 6.45) is 2.25. The van der Waals surface area contributed by atoms with Gasteiger partial charge in [0.2, 0.25) is 0 Å². The lowest BCUT2D eigenvalue weighted by molar-refractivity contribution is -0.120. The molecule has 138 valence electrons. The number of amides is 1. The first-order valence-corrected chi connectivity index (χ1v) is 8.54. The zero-order chi connectivity index (χ0) is 17.8. The van der Waals surface area contributed by atoms with E-state index in [9.17, 15) is 9.59 Å². The van der Waals surface area contributed by atoms with Crippen LogP contribution in [-0.2, 0) is 11.2 Å². The van der Waals surface area contributed by atoms with Crippen molar-refractivity contribution in [2.75, 3.05) is 23.8 Å². The van der Waals surface area contributed by atoms with Crippen LogP contribution in [0.2, 0.25) is 0 Å². The van der Waals surface area contributed by atoms with Gasteiger partial charge in [-0.05, 0) is 54.8 Å². The number of hydrogen-bond acceptors (Lipinski definition) is 4. The molecule has 0 unspecified atom stereocenters. The molecule has 1 aliphatic rings. The summed E-state index contributed by atoms with van der Waals surface area (Å²) in [6, 6.07) is 12.5. The highest BCUT2D eigenvalue weighted by molar-refractivity contribution is 5.97. The number of fused-ring (bicyclic) bond motifs is 1. The van der Waals surface area contributed by atoms with Gasteiger partial charge in [-0.3, -0.25) is 9.59 Å². The largest absolute Gasteiger partial charge is 0.484 e. The smallest absolute Gasteiger partial charge is 0.264 e. The zero-order valence-corrected chi connectivity index (χ0v) is 15.6. The molecule has 0 aromatic heterocycles. The van der Waals surface area contributed by atoms with Gasteiger partial charge >= 0.3 is 0 Å². The molecule has 0 fully saturated rings. The molecular formula is C20H23ClN2O3. The van der Waals surface area contributed by atoms with Crippen molar-refractivity contribution in [2.24, 2.45) is 0 Å². The summed E-state index contributed by atoms with van der Waals surface area (Å²) in [4.78, 5) is 25.9. The number of Topliss-reactive ketones (excluding diaryl/α,β-unsaturated/α-hetero) is 1. The third-order valence-electron chi connectivity index (χ3n) is 4.45. The molecular weight excluding hydrogens is 352 g/mol. The van der Waals surface area contributed by atoms with Gasteiger partial charge in [-0.25, -0.2) is 0 Å². The summed E-state index contributed by atoms with van der Waals surface area (Å²) in [5.74, 6) is 0.566. The summed E-state index contributed by atoms with van der Waals surface area (Å²) in [6.45, 7) is 2.45. The molecule has 0 saturated heterocycles. The molecule has 2 aromatic rings. The van der Waals surface area contributed by atoms with Crippen molar-refractivity contribution in [1.82, 2.24) is 0 Å². The van der Waals surface area contributed by atoms with E-state index in [0.29, 0.717) is 24.3 Å². The van der Waals surface area contributed by atoms with E-state index in [4.69, 9.17) is 10.5 Å². The minimum atomic E-state index is -0.0970. The van der Waals surface area contributed by atoms with Crippen LogP contribution in [0.4, 0.5) is 11.4 Å². The highest BCUT2D eigenvalue weighted by atomic mass is 35.5. The Bertz CT molecular complexity index is 790. The van der Waals surface area contributed by atoms with E-state index in [1.807, 2.05) is 25.1 Å². The maximum absolute atomic E-state index is 12.6. The molecule has 1 heterocycles. The standard InChI is InChI=1S/C20H22N2O3.ClH/c1-2-19(23)14-8-10-15(11-9-14)25-13-20(24)22-12-4-5-16-17(21)6-3-7-18(16)22;/h3,6-11H,2,4-5,12-13,21H2,1H3;1H. The van der Waals surface area contributed by atoms with Gasteiger partial charge in [0, 0.05) is 29.9 Å². The van der Waals surface area contributed by atoms with E-state index in [2.05, 4.69) is 0 Å². The molecule has 2 N–H and O–H groups in total. The molecule has 5 nitrogen and oxygen atoms in total. The van der Waals surface area contributed by atoms with Crippen LogP contribution >= 0.6 is 12.4 Å². The van der Waals surface area contributed by atoms with E-state index in [1.165, 1.54) is 0 Å². The van der Waals surface area contributed by atoms with Gasteiger partial charge in [0.1, 0.15) is 5.75 Å². The summed E-state index contributed by atoms with van der Waals surface area (Å²) < 4.78 is 5.60. The fraction of sp³-hybridized carbons (Fsp3) is 0.300. The van der Waals surface area contributed by atoms with E-state index in [0.717, 1.165) is 29.8 Å². The normalized spacial score (nSPS) is 12.7. The summed E-state index contributed by atoms with van der Waals surface area (Å²) in [5, 5.41) is 0. The average molecular weight is 375 g/mol. The summed E-state index contributed by atoms with van der Waals surface area (Å²) in [7, 11) is 0. The predicted molar refractivity (Wildman–Crippen MR) is 105 cm³/mol. The first kappa shape index (κ1) is 19.8. The van der Waals surface area contributed by atoms with Crippen LogP contribution in [0, 0.1) is 0 Å². The summed E-state index contributed by atoms with van der Waals surface area (Å²) >= 11 is 0. The number of nitrogens with two attached hydrogens (primary N) is 1. The predicted octanol–water partition coefficient (Wildman–Crippen LogP) is 3.64. The molecule has 0 bridgehead atoms. The number of halogens is 1. The molecule has 0 spiro atoms. The molecule has 0 saturated carbocycles. The van der Waals surface area contributed by atoms with Crippen LogP contribution in [0.3, 0.4) is 0 Å². The summed E-state index contributed by atoms with van der Waals surface area (Å²) in [5.41, 5.74) is 9.32. The SMILES string of the molecule is CCC(=O)c1ccc(OCC(=O)N2CCCc3c(N)cccc32)cc1.Cl. The van der Waals surface area contributed by atoms with Crippen molar-refractivity contribution in [3.63, 3.8) is 0 Å². The van der Waals surface area contributed by atoms with Crippen LogP contribution < -0.4 is 15.4 Å². The minimum Gasteiger partial charge on any atom is -0.484 e. The molecule has 0 radical (unpaired) electrons. The highest BCUT2D eigenvalue weighted by Gasteiger charge is 2.23. The zero-order valence-electron chi connectivity index (χ0n) is 14.7. The third kappa shape index (κ3) is 4.17. The number of ketones is 1. The van der Waals surface area contributed by atoms with Crippen molar-refractivity contribution in [1.29, 1.82) is 0 Å². The van der Waals surface area contributed by atoms with Gasteiger partial charge in [0.25, 0.3) is 5.91 Å². The van der Waals surface area contributed by atoms with Gasteiger partial charge in [-0.1, -0.05) is 13.0 Å². The van der Waals surface area contributed by atoms with Crippen LogP contribution in [0.25, 0.3) is 0 Å². The van der Waals surface area contributed by atoms with Crippen molar-refractivity contribution < 1.29 is 14.3 Å². The van der Waals surface area contributed by atoms with E-state index < -0.39 is 0 Å². The van der Waals surface area contributed by atoms with Gasteiger partial charge in [-0.15, -0.1) is 12.4 Å². The Hall–Kier alpha value is -2.53. The lowest BCUT2D eigenvalue weighted by atomic mass is 10.00. The molecule has 1 aliphatic heterocycles. The molecule has 0 aliphatic carbocycles. The Kier molecular flexibility index (Phi) is 6.64. The second-order valence-electron chi connectivity index (χ2n) is 6.08. The van der Waals surface area contributed by atoms with E-state index in [-0.39, 0.29) is 30.7 Å². The lowest BCUT2D eigenvalue weighted by Crippen LogP contribution is -2.38. The second kappa shape index (κ2) is 8.72. The number of anilines is 2. The van der Waals surface area contributed by atoms with Crippen molar-refractivity contribution in [3.05, 3.63) is 53.6 Å². The molecule has 6 heteroatoms. The molecule has 26 heavy (non-hydrogen) atoms. The van der Waals surface area contributed by atoms with Crippen molar-refractivity contribution in [3.8, 4) is 5.75 Å². The number of benzene rings is 2. The van der Waals surface area contributed by atoms with Gasteiger partial charge in [0.15, 0.2) is 12.4 Å². The Morgan fingerprint density at radius 2 is 1.88 bits per heavy atom. The monoisotopic (exact) mass is 374 g/mol. The molecule has 0 atom stereocenters. The Morgan fingerprint density at radius 1 is 1.15 bits per heavy atom. The maximum atomic E-state index is 12.6.